The van der Waals surface area contributed by atoms with Gasteiger partial charge in [0.05, 0.1) is 5.69 Å². The quantitative estimate of drug-likeness (QED) is 0.340. The van der Waals surface area contributed by atoms with Crippen LogP contribution in [0, 0.1) is 5.41 Å². The fourth-order valence-electron chi connectivity index (χ4n) is 5.78. The van der Waals surface area contributed by atoms with E-state index >= 15 is 0 Å². The lowest BCUT2D eigenvalue weighted by Gasteiger charge is -2.34. The van der Waals surface area contributed by atoms with Crippen molar-refractivity contribution in [2.45, 2.75) is 64.5 Å². The van der Waals surface area contributed by atoms with Gasteiger partial charge >= 0.3 is 6.18 Å². The van der Waals surface area contributed by atoms with E-state index < -0.39 is 11.7 Å². The van der Waals surface area contributed by atoms with Gasteiger partial charge in [-0.3, -0.25) is 4.79 Å². The second kappa shape index (κ2) is 8.33. The Labute approximate surface area is 212 Å². The van der Waals surface area contributed by atoms with Gasteiger partial charge in [-0.2, -0.15) is 18.3 Å². The molecule has 9 heteroatoms. The highest BCUT2D eigenvalue weighted by atomic mass is 19.4. The van der Waals surface area contributed by atoms with Gasteiger partial charge in [0.2, 0.25) is 5.91 Å². The number of rotatable bonds is 4. The van der Waals surface area contributed by atoms with E-state index in [-0.39, 0.29) is 17.0 Å². The molecule has 194 valence electrons. The van der Waals surface area contributed by atoms with Gasteiger partial charge in [0, 0.05) is 41.2 Å². The van der Waals surface area contributed by atoms with Gasteiger partial charge in [-0.25, -0.2) is 9.50 Å². The van der Waals surface area contributed by atoms with Gasteiger partial charge in [0.15, 0.2) is 5.65 Å². The van der Waals surface area contributed by atoms with Crippen LogP contribution in [0.1, 0.15) is 75.0 Å². The normalized spacial score (nSPS) is 18.3. The minimum Gasteiger partial charge on any atom is -0.354 e. The summed E-state index contributed by atoms with van der Waals surface area (Å²) in [7, 11) is 0. The van der Waals surface area contributed by atoms with Crippen molar-refractivity contribution >= 4 is 22.5 Å². The number of aromatic amines is 1. The monoisotopic (exact) mass is 509 g/mol. The highest BCUT2D eigenvalue weighted by molar-refractivity contribution is 5.92. The van der Waals surface area contributed by atoms with Gasteiger partial charge in [0.25, 0.3) is 0 Å². The Morgan fingerprint density at radius 3 is 2.54 bits per heavy atom. The van der Waals surface area contributed by atoms with Crippen LogP contribution in [-0.2, 0) is 11.0 Å². The number of H-pyrrole nitrogens is 1. The van der Waals surface area contributed by atoms with Crippen molar-refractivity contribution in [1.29, 1.82) is 0 Å². The third kappa shape index (κ3) is 4.08. The number of halogens is 3. The Kier molecular flexibility index (Phi) is 5.40. The molecular weight excluding hydrogens is 479 g/mol. The molecule has 1 aliphatic carbocycles. The average molecular weight is 510 g/mol. The second-order valence-electron chi connectivity index (χ2n) is 11.2. The Hall–Kier alpha value is -3.36. The highest BCUT2D eigenvalue weighted by Gasteiger charge is 2.47. The summed E-state index contributed by atoms with van der Waals surface area (Å²) < 4.78 is 42.7. The van der Waals surface area contributed by atoms with E-state index in [9.17, 15) is 18.0 Å². The van der Waals surface area contributed by atoms with E-state index in [0.717, 1.165) is 67.6 Å². The SMILES string of the molecule is CC(C)c1c(-c2cc(C(F)(F)F)c3ncnn3c2)[nH]c2ccc(C3CCN(C(=O)C4(C)CC4)CC3)cc12. The largest absolute Gasteiger partial charge is 0.420 e. The van der Waals surface area contributed by atoms with Crippen LogP contribution in [0.5, 0.6) is 0 Å². The zero-order valence-electron chi connectivity index (χ0n) is 21.2. The minimum absolute atomic E-state index is 0.0820. The Morgan fingerprint density at radius 2 is 1.89 bits per heavy atom. The molecule has 1 aromatic carbocycles. The summed E-state index contributed by atoms with van der Waals surface area (Å²) in [5.74, 6) is 0.724. The minimum atomic E-state index is -4.55. The summed E-state index contributed by atoms with van der Waals surface area (Å²) in [4.78, 5) is 22.0. The van der Waals surface area contributed by atoms with Crippen LogP contribution in [0.25, 0.3) is 27.8 Å². The highest BCUT2D eigenvalue weighted by Crippen LogP contribution is 2.47. The standard InChI is InChI=1S/C28H30F3N5O/c1-16(2)23-20-12-18(17-6-10-35(11-7-17)26(37)27(3)8-9-27)4-5-22(20)34-24(23)19-13-21(28(29,30)31)25-32-15-33-36(25)14-19/h4-5,12-17,34H,6-11H2,1-3H3. The van der Waals surface area contributed by atoms with Crippen molar-refractivity contribution in [3.05, 3.63) is 53.5 Å². The number of hydrogen-bond donors (Lipinski definition) is 1. The summed E-state index contributed by atoms with van der Waals surface area (Å²) >= 11 is 0. The van der Waals surface area contributed by atoms with E-state index in [0.29, 0.717) is 23.1 Å². The van der Waals surface area contributed by atoms with Gasteiger partial charge < -0.3 is 9.88 Å². The maximum absolute atomic E-state index is 13.8. The molecule has 1 saturated heterocycles. The van der Waals surface area contributed by atoms with Gasteiger partial charge in [0.1, 0.15) is 11.9 Å². The molecule has 1 amide bonds. The molecule has 1 saturated carbocycles. The molecule has 3 aromatic heterocycles. The molecule has 2 fully saturated rings. The van der Waals surface area contributed by atoms with Gasteiger partial charge in [-0.1, -0.05) is 26.8 Å². The summed E-state index contributed by atoms with van der Waals surface area (Å²) in [6.07, 6.45) is 2.00. The van der Waals surface area contributed by atoms with Crippen LogP contribution in [-0.4, -0.2) is 43.5 Å². The molecule has 6 nitrogen and oxygen atoms in total. The van der Waals surface area contributed by atoms with Crippen LogP contribution >= 0.6 is 0 Å². The lowest BCUT2D eigenvalue weighted by atomic mass is 9.87. The van der Waals surface area contributed by atoms with Crippen LogP contribution in [0.15, 0.2) is 36.8 Å². The fraction of sp³-hybridized carbons (Fsp3) is 0.464. The molecule has 0 bridgehead atoms. The smallest absolute Gasteiger partial charge is 0.354 e. The van der Waals surface area contributed by atoms with E-state index in [4.69, 9.17) is 0 Å². The fourth-order valence-corrected chi connectivity index (χ4v) is 5.78. The number of nitrogens with one attached hydrogen (secondary N) is 1. The molecule has 0 atom stereocenters. The van der Waals surface area contributed by atoms with Crippen molar-refractivity contribution in [1.82, 2.24) is 24.5 Å². The lowest BCUT2D eigenvalue weighted by molar-refractivity contribution is -0.137. The molecule has 37 heavy (non-hydrogen) atoms. The van der Waals surface area contributed by atoms with E-state index in [1.54, 1.807) is 6.20 Å². The Balaban J connectivity index is 1.36. The number of alkyl halides is 3. The number of likely N-dealkylation sites (tertiary alicyclic amines) is 1. The predicted molar refractivity (Wildman–Crippen MR) is 135 cm³/mol. The first-order valence-corrected chi connectivity index (χ1v) is 12.9. The maximum Gasteiger partial charge on any atom is 0.420 e. The number of piperidine rings is 1. The third-order valence-electron chi connectivity index (χ3n) is 8.18. The number of carbonyl (C=O) groups excluding carboxylic acids is 1. The molecule has 6 rings (SSSR count). The first-order chi connectivity index (χ1) is 17.5. The van der Waals surface area contributed by atoms with Gasteiger partial charge in [-0.05, 0) is 66.8 Å². The average Bonchev–Trinajstić information content (AvgIpc) is 3.28. The molecule has 1 N–H and O–H groups in total. The molecule has 4 aromatic rings. The summed E-state index contributed by atoms with van der Waals surface area (Å²) in [5.41, 5.74) is 3.03. The van der Waals surface area contributed by atoms with Crippen molar-refractivity contribution in [3.63, 3.8) is 0 Å². The topological polar surface area (TPSA) is 66.3 Å². The number of fused-ring (bicyclic) bond motifs is 2. The Bertz CT molecular complexity index is 1500. The third-order valence-corrected chi connectivity index (χ3v) is 8.18. The molecule has 4 heterocycles. The van der Waals surface area contributed by atoms with Crippen molar-refractivity contribution < 1.29 is 18.0 Å². The summed E-state index contributed by atoms with van der Waals surface area (Å²) in [6.45, 7) is 7.71. The zero-order valence-corrected chi connectivity index (χ0v) is 21.2. The summed E-state index contributed by atoms with van der Waals surface area (Å²) in [6, 6.07) is 7.49. The van der Waals surface area contributed by atoms with Crippen LogP contribution < -0.4 is 0 Å². The number of benzene rings is 1. The molecular formula is C28H30F3N5O. The van der Waals surface area contributed by atoms with E-state index in [2.05, 4.69) is 48.0 Å². The number of carbonyl (C=O) groups is 1. The van der Waals surface area contributed by atoms with Crippen LogP contribution in [0.2, 0.25) is 0 Å². The van der Waals surface area contributed by atoms with Crippen LogP contribution in [0.3, 0.4) is 0 Å². The molecule has 0 radical (unpaired) electrons. The molecule has 0 unspecified atom stereocenters. The number of hydrogen-bond acceptors (Lipinski definition) is 3. The number of amides is 1. The predicted octanol–water partition coefficient (Wildman–Crippen LogP) is 6.53. The molecule has 0 spiro atoms. The van der Waals surface area contributed by atoms with E-state index in [1.807, 2.05) is 11.0 Å². The second-order valence-corrected chi connectivity index (χ2v) is 11.2. The first-order valence-electron chi connectivity index (χ1n) is 12.9. The molecule has 1 aliphatic heterocycles. The number of nitrogens with zero attached hydrogens (tertiary/aromatic N) is 4. The zero-order chi connectivity index (χ0) is 26.1. The van der Waals surface area contributed by atoms with Crippen molar-refractivity contribution in [2.24, 2.45) is 5.41 Å². The molecule has 2 aliphatic rings. The summed E-state index contributed by atoms with van der Waals surface area (Å²) in [5, 5.41) is 5.01. The van der Waals surface area contributed by atoms with Crippen molar-refractivity contribution in [3.8, 4) is 11.3 Å². The number of pyridine rings is 1. The van der Waals surface area contributed by atoms with Crippen LogP contribution in [0.4, 0.5) is 13.2 Å². The van der Waals surface area contributed by atoms with E-state index in [1.165, 1.54) is 10.1 Å². The van der Waals surface area contributed by atoms with Crippen molar-refractivity contribution in [2.75, 3.05) is 13.1 Å². The first kappa shape index (κ1) is 24.0. The lowest BCUT2D eigenvalue weighted by Crippen LogP contribution is -2.41. The van der Waals surface area contributed by atoms with Gasteiger partial charge in [-0.15, -0.1) is 0 Å². The maximum atomic E-state index is 13.8. The Morgan fingerprint density at radius 1 is 1.16 bits per heavy atom. The number of aromatic nitrogens is 4.